The molecule has 1 rings (SSSR count). The molecular weight excluding hydrogens is 257 g/mol. The molecule has 0 bridgehead atoms. The van der Waals surface area contributed by atoms with Crippen LogP contribution in [0.5, 0.6) is 0 Å². The Bertz CT molecular complexity index is 348. The molecule has 0 aliphatic rings. The normalized spacial score (nSPS) is 15.0. The molecule has 2 atom stereocenters. The van der Waals surface area contributed by atoms with Gasteiger partial charge in [0, 0.05) is 16.5 Å². The number of aliphatic hydroxyl groups excluding tert-OH is 1. The summed E-state index contributed by atoms with van der Waals surface area (Å²) in [5.41, 5.74) is 6.47. The fourth-order valence-corrected chi connectivity index (χ4v) is 2.51. The number of benzene rings is 1. The Morgan fingerprint density at radius 3 is 2.18 bits per heavy atom. The van der Waals surface area contributed by atoms with Crippen molar-refractivity contribution in [3.63, 3.8) is 0 Å². The Morgan fingerprint density at radius 1 is 1.24 bits per heavy atom. The van der Waals surface area contributed by atoms with Crippen LogP contribution in [-0.4, -0.2) is 17.8 Å². The van der Waals surface area contributed by atoms with E-state index in [0.29, 0.717) is 28.9 Å². The van der Waals surface area contributed by atoms with Gasteiger partial charge in [0.15, 0.2) is 0 Å². The second kappa shape index (κ2) is 6.60. The van der Waals surface area contributed by atoms with Crippen molar-refractivity contribution < 1.29 is 5.11 Å². The topological polar surface area (TPSA) is 46.2 Å². The van der Waals surface area contributed by atoms with Crippen molar-refractivity contribution in [2.45, 2.75) is 26.4 Å². The van der Waals surface area contributed by atoms with Crippen LogP contribution in [0.25, 0.3) is 0 Å². The van der Waals surface area contributed by atoms with E-state index in [4.69, 9.17) is 28.9 Å². The van der Waals surface area contributed by atoms with Gasteiger partial charge in [-0.3, -0.25) is 0 Å². The third kappa shape index (κ3) is 3.85. The summed E-state index contributed by atoms with van der Waals surface area (Å²) in [6.45, 7) is 4.56. The lowest BCUT2D eigenvalue weighted by Gasteiger charge is -2.25. The van der Waals surface area contributed by atoms with Crippen LogP contribution in [0.1, 0.15) is 19.4 Å². The molecule has 3 N–H and O–H groups in total. The predicted molar refractivity (Wildman–Crippen MR) is 73.6 cm³/mol. The van der Waals surface area contributed by atoms with Crippen LogP contribution in [-0.2, 0) is 6.42 Å². The molecule has 0 fully saturated rings. The molecular formula is C13H19Cl2NO. The highest BCUT2D eigenvalue weighted by molar-refractivity contribution is 6.35. The van der Waals surface area contributed by atoms with Crippen LogP contribution >= 0.6 is 23.2 Å². The SMILES string of the molecule is CC(C)C(CN)C(O)Cc1c(Cl)cccc1Cl. The van der Waals surface area contributed by atoms with Crippen molar-refractivity contribution in [1.82, 2.24) is 0 Å². The van der Waals surface area contributed by atoms with E-state index < -0.39 is 6.10 Å². The fourth-order valence-electron chi connectivity index (χ4n) is 1.96. The molecule has 0 saturated heterocycles. The average molecular weight is 276 g/mol. The summed E-state index contributed by atoms with van der Waals surface area (Å²) in [6.07, 6.45) is -0.0733. The molecule has 0 radical (unpaired) electrons. The molecule has 0 saturated carbocycles. The largest absolute Gasteiger partial charge is 0.392 e. The lowest BCUT2D eigenvalue weighted by Crippen LogP contribution is -2.33. The van der Waals surface area contributed by atoms with Crippen molar-refractivity contribution in [1.29, 1.82) is 0 Å². The van der Waals surface area contributed by atoms with Crippen LogP contribution in [0, 0.1) is 11.8 Å². The summed E-state index contributed by atoms with van der Waals surface area (Å²) in [7, 11) is 0. The molecule has 96 valence electrons. The lowest BCUT2D eigenvalue weighted by molar-refractivity contribution is 0.0864. The summed E-state index contributed by atoms with van der Waals surface area (Å²) >= 11 is 12.1. The number of hydrogen-bond acceptors (Lipinski definition) is 2. The summed E-state index contributed by atoms with van der Waals surface area (Å²) in [4.78, 5) is 0. The number of nitrogens with two attached hydrogens (primary N) is 1. The molecule has 2 unspecified atom stereocenters. The van der Waals surface area contributed by atoms with Gasteiger partial charge in [0.2, 0.25) is 0 Å². The van der Waals surface area contributed by atoms with Gasteiger partial charge in [-0.25, -0.2) is 0 Å². The van der Waals surface area contributed by atoms with Gasteiger partial charge in [0.05, 0.1) is 6.10 Å². The molecule has 4 heteroatoms. The Balaban J connectivity index is 2.83. The minimum Gasteiger partial charge on any atom is -0.392 e. The zero-order valence-electron chi connectivity index (χ0n) is 10.2. The molecule has 0 heterocycles. The molecule has 0 aliphatic heterocycles. The number of halogens is 2. The highest BCUT2D eigenvalue weighted by Crippen LogP contribution is 2.28. The molecule has 0 aliphatic carbocycles. The standard InChI is InChI=1S/C13H19Cl2NO/c1-8(2)10(7-16)13(17)6-9-11(14)4-3-5-12(9)15/h3-5,8,10,13,17H,6-7,16H2,1-2H3. The number of aliphatic hydroxyl groups is 1. The van der Waals surface area contributed by atoms with Gasteiger partial charge < -0.3 is 10.8 Å². The van der Waals surface area contributed by atoms with Crippen LogP contribution in [0.2, 0.25) is 10.0 Å². The second-order valence-corrected chi connectivity index (χ2v) is 5.43. The summed E-state index contributed by atoms with van der Waals surface area (Å²) in [6, 6.07) is 5.36. The Hall–Kier alpha value is -0.280. The molecule has 2 nitrogen and oxygen atoms in total. The van der Waals surface area contributed by atoms with Crippen molar-refractivity contribution >= 4 is 23.2 Å². The lowest BCUT2D eigenvalue weighted by atomic mass is 9.87. The number of rotatable bonds is 5. The van der Waals surface area contributed by atoms with Crippen LogP contribution < -0.4 is 5.73 Å². The van der Waals surface area contributed by atoms with E-state index in [1.54, 1.807) is 18.2 Å². The van der Waals surface area contributed by atoms with Crippen LogP contribution in [0.3, 0.4) is 0 Å². The van der Waals surface area contributed by atoms with Gasteiger partial charge in [-0.2, -0.15) is 0 Å². The first kappa shape index (κ1) is 14.8. The minimum atomic E-state index is -0.516. The van der Waals surface area contributed by atoms with Crippen molar-refractivity contribution in [3.05, 3.63) is 33.8 Å². The Morgan fingerprint density at radius 2 is 1.76 bits per heavy atom. The van der Waals surface area contributed by atoms with Gasteiger partial charge >= 0.3 is 0 Å². The van der Waals surface area contributed by atoms with Gasteiger partial charge in [-0.1, -0.05) is 43.1 Å². The van der Waals surface area contributed by atoms with Gasteiger partial charge in [-0.05, 0) is 36.1 Å². The van der Waals surface area contributed by atoms with Crippen molar-refractivity contribution in [3.8, 4) is 0 Å². The van der Waals surface area contributed by atoms with Crippen LogP contribution in [0.15, 0.2) is 18.2 Å². The third-order valence-corrected chi connectivity index (χ3v) is 3.81. The second-order valence-electron chi connectivity index (χ2n) is 4.62. The third-order valence-electron chi connectivity index (χ3n) is 3.10. The Kier molecular flexibility index (Phi) is 5.74. The van der Waals surface area contributed by atoms with E-state index in [-0.39, 0.29) is 5.92 Å². The zero-order chi connectivity index (χ0) is 13.0. The van der Waals surface area contributed by atoms with E-state index in [0.717, 1.165) is 5.56 Å². The average Bonchev–Trinajstić information content (AvgIpc) is 2.24. The van der Waals surface area contributed by atoms with Gasteiger partial charge in [0.25, 0.3) is 0 Å². The minimum absolute atomic E-state index is 0.0577. The van der Waals surface area contributed by atoms with E-state index in [2.05, 4.69) is 13.8 Å². The molecule has 1 aromatic carbocycles. The highest BCUT2D eigenvalue weighted by Gasteiger charge is 2.23. The molecule has 17 heavy (non-hydrogen) atoms. The number of hydrogen-bond donors (Lipinski definition) is 2. The zero-order valence-corrected chi connectivity index (χ0v) is 11.7. The van der Waals surface area contributed by atoms with Crippen LogP contribution in [0.4, 0.5) is 0 Å². The first-order valence-corrected chi connectivity index (χ1v) is 6.54. The molecule has 0 amide bonds. The first-order chi connectivity index (χ1) is 7.97. The van der Waals surface area contributed by atoms with Crippen molar-refractivity contribution in [2.75, 3.05) is 6.54 Å². The fraction of sp³-hybridized carbons (Fsp3) is 0.538. The smallest absolute Gasteiger partial charge is 0.0624 e. The Labute approximate surface area is 113 Å². The predicted octanol–water partition coefficient (Wildman–Crippen LogP) is 3.13. The summed E-state index contributed by atoms with van der Waals surface area (Å²) in [5.74, 6) is 0.388. The summed E-state index contributed by atoms with van der Waals surface area (Å²) in [5, 5.41) is 11.4. The van der Waals surface area contributed by atoms with E-state index >= 15 is 0 Å². The monoisotopic (exact) mass is 275 g/mol. The maximum absolute atomic E-state index is 10.2. The quantitative estimate of drug-likeness (QED) is 0.868. The first-order valence-electron chi connectivity index (χ1n) is 5.78. The molecule has 0 spiro atoms. The van der Waals surface area contributed by atoms with Gasteiger partial charge in [-0.15, -0.1) is 0 Å². The summed E-state index contributed by atoms with van der Waals surface area (Å²) < 4.78 is 0. The van der Waals surface area contributed by atoms with E-state index in [1.165, 1.54) is 0 Å². The highest BCUT2D eigenvalue weighted by atomic mass is 35.5. The molecule has 1 aromatic rings. The maximum Gasteiger partial charge on any atom is 0.0624 e. The molecule has 0 aromatic heterocycles. The maximum atomic E-state index is 10.2. The van der Waals surface area contributed by atoms with Gasteiger partial charge in [0.1, 0.15) is 0 Å². The van der Waals surface area contributed by atoms with Crippen molar-refractivity contribution in [2.24, 2.45) is 17.6 Å². The van der Waals surface area contributed by atoms with E-state index in [1.807, 2.05) is 0 Å². The van der Waals surface area contributed by atoms with E-state index in [9.17, 15) is 5.11 Å².